The standard InChI is InChI=1S/C12H14N4O2S4/c1-21-11(19)15-13-9(17)7-3-5-8(6-4-7)10(18)14-16-12(20)22-2/h3-6H,1-2H3,(H,13,17)(H,14,18)(H,15,19)(H,16,20). The van der Waals surface area contributed by atoms with Crippen molar-refractivity contribution in [3.63, 3.8) is 0 Å². The number of hydrazine groups is 2. The predicted octanol–water partition coefficient (Wildman–Crippen LogP) is 1.45. The van der Waals surface area contributed by atoms with Gasteiger partial charge in [-0.15, -0.1) is 0 Å². The average molecular weight is 375 g/mol. The highest BCUT2D eigenvalue weighted by Crippen LogP contribution is 2.04. The second-order valence-corrected chi connectivity index (χ2v) is 6.69. The van der Waals surface area contributed by atoms with Crippen LogP contribution < -0.4 is 21.7 Å². The summed E-state index contributed by atoms with van der Waals surface area (Å²) in [6, 6.07) is 6.17. The van der Waals surface area contributed by atoms with Crippen molar-refractivity contribution < 1.29 is 9.59 Å². The molecule has 1 aromatic rings. The van der Waals surface area contributed by atoms with Gasteiger partial charge in [-0.3, -0.25) is 31.3 Å². The van der Waals surface area contributed by atoms with Crippen LogP contribution >= 0.6 is 48.0 Å². The van der Waals surface area contributed by atoms with Gasteiger partial charge in [0.05, 0.1) is 0 Å². The predicted molar refractivity (Wildman–Crippen MR) is 99.9 cm³/mol. The third-order valence-electron chi connectivity index (χ3n) is 2.34. The molecule has 0 aromatic heterocycles. The molecule has 1 aromatic carbocycles. The molecule has 2 amide bonds. The van der Waals surface area contributed by atoms with Gasteiger partial charge in [-0.2, -0.15) is 0 Å². The fraction of sp³-hybridized carbons (Fsp3) is 0.167. The van der Waals surface area contributed by atoms with Gasteiger partial charge in [0.1, 0.15) is 0 Å². The van der Waals surface area contributed by atoms with Crippen LogP contribution in [0.1, 0.15) is 20.7 Å². The maximum absolute atomic E-state index is 11.8. The van der Waals surface area contributed by atoms with Crippen LogP contribution in [0.25, 0.3) is 0 Å². The van der Waals surface area contributed by atoms with Crippen molar-refractivity contribution in [2.24, 2.45) is 0 Å². The lowest BCUT2D eigenvalue weighted by molar-refractivity contribution is 0.0933. The zero-order valence-corrected chi connectivity index (χ0v) is 15.0. The fourth-order valence-corrected chi connectivity index (χ4v) is 1.64. The molecular formula is C12H14N4O2S4. The summed E-state index contributed by atoms with van der Waals surface area (Å²) in [4.78, 5) is 23.6. The molecular weight excluding hydrogens is 360 g/mol. The Morgan fingerprint density at radius 3 is 1.36 bits per heavy atom. The molecule has 22 heavy (non-hydrogen) atoms. The Hall–Kier alpha value is -1.36. The number of carbonyl (C=O) groups excluding carboxylic acids is 2. The SMILES string of the molecule is CSC(=S)NNC(=O)c1ccc(C(=O)NNC(=S)SC)cc1. The van der Waals surface area contributed by atoms with Crippen molar-refractivity contribution in [1.29, 1.82) is 0 Å². The van der Waals surface area contributed by atoms with Crippen molar-refractivity contribution in [2.75, 3.05) is 12.5 Å². The molecule has 118 valence electrons. The summed E-state index contributed by atoms with van der Waals surface area (Å²) in [6.45, 7) is 0. The first-order valence-electron chi connectivity index (χ1n) is 5.86. The number of thioether (sulfide) groups is 2. The molecule has 0 radical (unpaired) electrons. The van der Waals surface area contributed by atoms with Crippen molar-refractivity contribution in [2.45, 2.75) is 0 Å². The molecule has 0 aliphatic rings. The lowest BCUT2D eigenvalue weighted by Crippen LogP contribution is -2.40. The molecule has 0 saturated heterocycles. The van der Waals surface area contributed by atoms with Crippen LogP contribution in [0.3, 0.4) is 0 Å². The van der Waals surface area contributed by atoms with Gasteiger partial charge >= 0.3 is 0 Å². The zero-order chi connectivity index (χ0) is 16.5. The van der Waals surface area contributed by atoms with Gasteiger partial charge in [-0.1, -0.05) is 48.0 Å². The molecule has 0 fully saturated rings. The molecule has 0 bridgehead atoms. The summed E-state index contributed by atoms with van der Waals surface area (Å²) in [5, 5.41) is 0. The van der Waals surface area contributed by atoms with Crippen LogP contribution in [0.15, 0.2) is 24.3 Å². The second kappa shape index (κ2) is 9.62. The van der Waals surface area contributed by atoms with Crippen LogP contribution in [0.2, 0.25) is 0 Å². The van der Waals surface area contributed by atoms with Gasteiger partial charge in [0, 0.05) is 11.1 Å². The van der Waals surface area contributed by atoms with Gasteiger partial charge in [0.25, 0.3) is 11.8 Å². The highest BCUT2D eigenvalue weighted by molar-refractivity contribution is 8.22. The molecule has 0 spiro atoms. The summed E-state index contributed by atoms with van der Waals surface area (Å²) in [7, 11) is 0. The van der Waals surface area contributed by atoms with E-state index in [-0.39, 0.29) is 11.8 Å². The molecule has 0 saturated carbocycles. The normalized spacial score (nSPS) is 9.55. The molecule has 10 heteroatoms. The van der Waals surface area contributed by atoms with Crippen LogP contribution in [-0.2, 0) is 0 Å². The molecule has 0 heterocycles. The van der Waals surface area contributed by atoms with E-state index in [1.54, 1.807) is 36.8 Å². The Kier molecular flexibility index (Phi) is 8.17. The Bertz CT molecular complexity index is 526. The summed E-state index contributed by atoms with van der Waals surface area (Å²) in [5.74, 6) is -0.685. The minimum Gasteiger partial charge on any atom is -0.283 e. The Labute approximate surface area is 147 Å². The molecule has 0 unspecified atom stereocenters. The minimum atomic E-state index is -0.343. The number of carbonyl (C=O) groups is 2. The summed E-state index contributed by atoms with van der Waals surface area (Å²) in [5.41, 5.74) is 10.9. The number of amides is 2. The van der Waals surface area contributed by atoms with Gasteiger partial charge in [-0.25, -0.2) is 0 Å². The van der Waals surface area contributed by atoms with E-state index in [0.717, 1.165) is 0 Å². The molecule has 0 atom stereocenters. The van der Waals surface area contributed by atoms with E-state index in [2.05, 4.69) is 21.7 Å². The van der Waals surface area contributed by atoms with Gasteiger partial charge in [-0.05, 0) is 36.8 Å². The first-order chi connectivity index (χ1) is 10.5. The Balaban J connectivity index is 2.58. The number of benzene rings is 1. The summed E-state index contributed by atoms with van der Waals surface area (Å²) < 4.78 is 0.917. The van der Waals surface area contributed by atoms with E-state index in [0.29, 0.717) is 19.8 Å². The molecule has 4 N–H and O–H groups in total. The molecule has 0 aliphatic heterocycles. The van der Waals surface area contributed by atoms with E-state index in [9.17, 15) is 9.59 Å². The van der Waals surface area contributed by atoms with Crippen molar-refractivity contribution in [1.82, 2.24) is 21.7 Å². The smallest absolute Gasteiger partial charge is 0.269 e. The monoisotopic (exact) mass is 374 g/mol. The Morgan fingerprint density at radius 2 is 1.09 bits per heavy atom. The number of nitrogens with one attached hydrogen (secondary N) is 4. The number of hydrogen-bond donors (Lipinski definition) is 4. The molecule has 1 rings (SSSR count). The van der Waals surface area contributed by atoms with Crippen molar-refractivity contribution >= 4 is 68.4 Å². The third kappa shape index (κ3) is 6.18. The number of rotatable bonds is 2. The van der Waals surface area contributed by atoms with E-state index in [4.69, 9.17) is 24.4 Å². The topological polar surface area (TPSA) is 82.3 Å². The number of hydrogen-bond acceptors (Lipinski definition) is 6. The average Bonchev–Trinajstić information content (AvgIpc) is 2.56. The first-order valence-corrected chi connectivity index (χ1v) is 9.13. The van der Waals surface area contributed by atoms with E-state index in [1.807, 2.05) is 0 Å². The maximum atomic E-state index is 11.8. The molecule has 0 aliphatic carbocycles. The Morgan fingerprint density at radius 1 is 0.773 bits per heavy atom. The van der Waals surface area contributed by atoms with Gasteiger partial charge in [0.15, 0.2) is 8.64 Å². The largest absolute Gasteiger partial charge is 0.283 e. The fourth-order valence-electron chi connectivity index (χ4n) is 1.23. The minimum absolute atomic E-state index is 0.343. The zero-order valence-electron chi connectivity index (χ0n) is 11.8. The van der Waals surface area contributed by atoms with Gasteiger partial charge < -0.3 is 0 Å². The van der Waals surface area contributed by atoms with Crippen LogP contribution in [-0.4, -0.2) is 33.0 Å². The quantitative estimate of drug-likeness (QED) is 0.457. The van der Waals surface area contributed by atoms with Gasteiger partial charge in [0.2, 0.25) is 0 Å². The lowest BCUT2D eigenvalue weighted by atomic mass is 10.1. The van der Waals surface area contributed by atoms with E-state index in [1.165, 1.54) is 23.5 Å². The van der Waals surface area contributed by atoms with Crippen molar-refractivity contribution in [3.8, 4) is 0 Å². The maximum Gasteiger partial charge on any atom is 0.269 e. The molecule has 6 nitrogen and oxygen atoms in total. The van der Waals surface area contributed by atoms with E-state index < -0.39 is 0 Å². The lowest BCUT2D eigenvalue weighted by Gasteiger charge is -2.09. The first kappa shape index (κ1) is 18.7. The van der Waals surface area contributed by atoms with Crippen LogP contribution in [0.4, 0.5) is 0 Å². The van der Waals surface area contributed by atoms with Crippen LogP contribution in [0.5, 0.6) is 0 Å². The van der Waals surface area contributed by atoms with Crippen molar-refractivity contribution in [3.05, 3.63) is 35.4 Å². The number of thiocarbonyl (C=S) groups is 2. The highest BCUT2D eigenvalue weighted by atomic mass is 32.2. The van der Waals surface area contributed by atoms with E-state index >= 15 is 0 Å². The van der Waals surface area contributed by atoms with Crippen LogP contribution in [0, 0.1) is 0 Å². The third-order valence-corrected chi connectivity index (χ3v) is 4.49. The summed E-state index contributed by atoms with van der Waals surface area (Å²) in [6.07, 6.45) is 3.59. The highest BCUT2D eigenvalue weighted by Gasteiger charge is 2.09. The summed E-state index contributed by atoms with van der Waals surface area (Å²) >= 11 is 12.4. The second-order valence-electron chi connectivity index (χ2n) is 3.72.